The SMILES string of the molecule is CC(=O)Nc1ccc(-c2nc(C(F)(F)F)n3c2CN(C(=O)CC(N)Cc2cc(F)c(F)cc2F)CC3)cn1.Cl. The highest BCUT2D eigenvalue weighted by molar-refractivity contribution is 5.87. The zero-order valence-electron chi connectivity index (χ0n) is 20.4. The fraction of sp³-hybridized carbons (Fsp3) is 0.333. The van der Waals surface area contributed by atoms with Crippen molar-refractivity contribution in [3.63, 3.8) is 0 Å². The highest BCUT2D eigenvalue weighted by Gasteiger charge is 2.41. The van der Waals surface area contributed by atoms with Crippen LogP contribution < -0.4 is 11.1 Å². The molecule has 1 atom stereocenters. The quantitative estimate of drug-likeness (QED) is 0.340. The Morgan fingerprint density at radius 2 is 1.79 bits per heavy atom. The number of amides is 2. The number of fused-ring (bicyclic) bond motifs is 1. The van der Waals surface area contributed by atoms with Gasteiger partial charge < -0.3 is 20.5 Å². The Balaban J connectivity index is 0.00000420. The maximum atomic E-state index is 14.0. The Hall–Kier alpha value is -3.65. The van der Waals surface area contributed by atoms with Crippen molar-refractivity contribution in [3.05, 3.63) is 65.0 Å². The molecule has 0 saturated heterocycles. The molecule has 210 valence electrons. The monoisotopic (exact) mass is 576 g/mol. The van der Waals surface area contributed by atoms with Gasteiger partial charge in [-0.1, -0.05) is 0 Å². The Labute approximate surface area is 224 Å². The Kier molecular flexibility index (Phi) is 8.91. The van der Waals surface area contributed by atoms with Crippen molar-refractivity contribution >= 4 is 30.0 Å². The van der Waals surface area contributed by atoms with Crippen LogP contribution in [-0.2, 0) is 35.3 Å². The standard InChI is InChI=1S/C24H22F6N6O2.ClH/c1-12(37)33-20-3-2-13(10-32-20)22-19-11-35(4-5-36(19)23(34-22)24(28,29)30)21(38)8-15(31)6-14-7-17(26)18(27)9-16(14)25;/h2-3,7,9-10,15H,4-6,8,11,31H2,1H3,(H,32,33,37);1H. The minimum Gasteiger partial charge on any atom is -0.335 e. The summed E-state index contributed by atoms with van der Waals surface area (Å²) in [6, 6.07) is 2.98. The van der Waals surface area contributed by atoms with Crippen molar-refractivity contribution in [2.45, 2.75) is 45.1 Å². The lowest BCUT2D eigenvalue weighted by Crippen LogP contribution is -2.42. The highest BCUT2D eigenvalue weighted by Crippen LogP contribution is 2.36. The number of rotatable bonds is 6. The van der Waals surface area contributed by atoms with Gasteiger partial charge in [-0.3, -0.25) is 9.59 Å². The van der Waals surface area contributed by atoms with Gasteiger partial charge in [-0.2, -0.15) is 13.2 Å². The molecule has 3 heterocycles. The molecule has 0 saturated carbocycles. The van der Waals surface area contributed by atoms with Gasteiger partial charge in [0, 0.05) is 50.3 Å². The second kappa shape index (κ2) is 11.6. The van der Waals surface area contributed by atoms with Crippen molar-refractivity contribution in [2.24, 2.45) is 5.73 Å². The topological polar surface area (TPSA) is 106 Å². The summed E-state index contributed by atoms with van der Waals surface area (Å²) in [6.07, 6.45) is -4.04. The van der Waals surface area contributed by atoms with Crippen LogP contribution in [0, 0.1) is 17.5 Å². The van der Waals surface area contributed by atoms with Crippen molar-refractivity contribution in [1.29, 1.82) is 0 Å². The van der Waals surface area contributed by atoms with E-state index in [1.165, 1.54) is 30.2 Å². The molecule has 0 fully saturated rings. The Morgan fingerprint density at radius 1 is 1.10 bits per heavy atom. The molecular formula is C24H23ClF6N6O2. The van der Waals surface area contributed by atoms with Gasteiger partial charge in [0.2, 0.25) is 17.6 Å². The second-order valence-electron chi connectivity index (χ2n) is 8.83. The van der Waals surface area contributed by atoms with E-state index in [1.54, 1.807) is 0 Å². The van der Waals surface area contributed by atoms with E-state index >= 15 is 0 Å². The average molecular weight is 577 g/mol. The van der Waals surface area contributed by atoms with E-state index in [2.05, 4.69) is 15.3 Å². The van der Waals surface area contributed by atoms with Crippen molar-refractivity contribution in [3.8, 4) is 11.3 Å². The Bertz CT molecular complexity index is 1380. The number of alkyl halides is 3. The molecule has 39 heavy (non-hydrogen) atoms. The van der Waals surface area contributed by atoms with E-state index in [0.29, 0.717) is 12.1 Å². The average Bonchev–Trinajstić information content (AvgIpc) is 3.22. The zero-order valence-corrected chi connectivity index (χ0v) is 21.2. The van der Waals surface area contributed by atoms with Gasteiger partial charge in [0.05, 0.1) is 17.9 Å². The number of carbonyl (C=O) groups is 2. The molecule has 3 N–H and O–H groups in total. The number of nitrogens with two attached hydrogens (primary N) is 1. The number of benzene rings is 1. The molecule has 2 aromatic heterocycles. The molecule has 1 unspecified atom stereocenters. The third-order valence-corrected chi connectivity index (χ3v) is 5.96. The van der Waals surface area contributed by atoms with E-state index in [-0.39, 0.29) is 79.1 Å². The first kappa shape index (κ1) is 29.9. The molecular weight excluding hydrogens is 554 g/mol. The number of pyridine rings is 1. The summed E-state index contributed by atoms with van der Waals surface area (Å²) >= 11 is 0. The van der Waals surface area contributed by atoms with Gasteiger partial charge in [0.25, 0.3) is 0 Å². The van der Waals surface area contributed by atoms with Crippen LogP contribution in [0.2, 0.25) is 0 Å². The molecule has 15 heteroatoms. The smallest absolute Gasteiger partial charge is 0.335 e. The number of hydrogen-bond acceptors (Lipinski definition) is 5. The second-order valence-corrected chi connectivity index (χ2v) is 8.83. The van der Waals surface area contributed by atoms with E-state index in [4.69, 9.17) is 5.73 Å². The van der Waals surface area contributed by atoms with Crippen LogP contribution in [0.5, 0.6) is 0 Å². The lowest BCUT2D eigenvalue weighted by molar-refractivity contribution is -0.148. The van der Waals surface area contributed by atoms with Gasteiger partial charge in [-0.15, -0.1) is 12.4 Å². The molecule has 8 nitrogen and oxygen atoms in total. The normalized spacial score (nSPS) is 13.9. The molecule has 1 aromatic carbocycles. The first-order chi connectivity index (χ1) is 17.8. The van der Waals surface area contributed by atoms with E-state index < -0.39 is 41.4 Å². The maximum absolute atomic E-state index is 14.0. The summed E-state index contributed by atoms with van der Waals surface area (Å²) in [7, 11) is 0. The molecule has 0 radical (unpaired) electrons. The molecule has 1 aliphatic rings. The predicted octanol–water partition coefficient (Wildman–Crippen LogP) is 4.06. The number of aromatic nitrogens is 3. The van der Waals surface area contributed by atoms with Crippen LogP contribution in [-0.4, -0.2) is 43.8 Å². The first-order valence-corrected chi connectivity index (χ1v) is 11.4. The number of imidazole rings is 1. The van der Waals surface area contributed by atoms with Crippen LogP contribution >= 0.6 is 12.4 Å². The molecule has 2 amide bonds. The fourth-order valence-electron chi connectivity index (χ4n) is 4.25. The van der Waals surface area contributed by atoms with Crippen LogP contribution in [0.4, 0.5) is 32.2 Å². The van der Waals surface area contributed by atoms with Gasteiger partial charge >= 0.3 is 6.18 Å². The van der Waals surface area contributed by atoms with Crippen LogP contribution in [0.15, 0.2) is 30.5 Å². The summed E-state index contributed by atoms with van der Waals surface area (Å²) in [5, 5.41) is 2.46. The molecule has 0 spiro atoms. The van der Waals surface area contributed by atoms with Crippen LogP contribution in [0.3, 0.4) is 0 Å². The minimum absolute atomic E-state index is 0. The van der Waals surface area contributed by atoms with Crippen LogP contribution in [0.1, 0.15) is 30.4 Å². The number of nitrogens with one attached hydrogen (secondary N) is 1. The number of halogens is 7. The summed E-state index contributed by atoms with van der Waals surface area (Å²) in [5.74, 6) is -5.40. The lowest BCUT2D eigenvalue weighted by atomic mass is 10.0. The summed E-state index contributed by atoms with van der Waals surface area (Å²) in [5.41, 5.74) is 6.12. The molecule has 4 rings (SSSR count). The summed E-state index contributed by atoms with van der Waals surface area (Å²) in [6.45, 7) is 0.823. The van der Waals surface area contributed by atoms with Crippen LogP contribution in [0.25, 0.3) is 11.3 Å². The van der Waals surface area contributed by atoms with Gasteiger partial charge in [0.1, 0.15) is 11.6 Å². The zero-order chi connectivity index (χ0) is 27.8. The van der Waals surface area contributed by atoms with E-state index in [1.807, 2.05) is 0 Å². The number of nitrogens with zero attached hydrogens (tertiary/aromatic N) is 4. The predicted molar refractivity (Wildman–Crippen MR) is 130 cm³/mol. The minimum atomic E-state index is -4.75. The highest BCUT2D eigenvalue weighted by atomic mass is 35.5. The lowest BCUT2D eigenvalue weighted by Gasteiger charge is -2.30. The largest absolute Gasteiger partial charge is 0.449 e. The number of anilines is 1. The van der Waals surface area contributed by atoms with Gasteiger partial charge in [-0.25, -0.2) is 23.1 Å². The fourth-order valence-corrected chi connectivity index (χ4v) is 4.25. The molecule has 1 aliphatic heterocycles. The van der Waals surface area contributed by atoms with Crippen molar-refractivity contribution in [1.82, 2.24) is 19.4 Å². The third kappa shape index (κ3) is 6.68. The van der Waals surface area contributed by atoms with E-state index in [0.717, 1.165) is 4.57 Å². The summed E-state index contributed by atoms with van der Waals surface area (Å²) in [4.78, 5) is 33.3. The summed E-state index contributed by atoms with van der Waals surface area (Å²) < 4.78 is 82.7. The Morgan fingerprint density at radius 3 is 2.41 bits per heavy atom. The first-order valence-electron chi connectivity index (χ1n) is 11.4. The molecule has 3 aromatic rings. The van der Waals surface area contributed by atoms with Crippen molar-refractivity contribution < 1.29 is 35.9 Å². The number of hydrogen-bond donors (Lipinski definition) is 2. The molecule has 0 bridgehead atoms. The molecule has 0 aliphatic carbocycles. The third-order valence-electron chi connectivity index (χ3n) is 5.96. The maximum Gasteiger partial charge on any atom is 0.449 e. The van der Waals surface area contributed by atoms with E-state index in [9.17, 15) is 35.9 Å². The number of carbonyl (C=O) groups excluding carboxylic acids is 2. The van der Waals surface area contributed by atoms with Gasteiger partial charge in [-0.05, 0) is 30.2 Å². The van der Waals surface area contributed by atoms with Gasteiger partial charge in [0.15, 0.2) is 11.6 Å². The van der Waals surface area contributed by atoms with Crippen molar-refractivity contribution in [2.75, 3.05) is 11.9 Å².